The van der Waals surface area contributed by atoms with Gasteiger partial charge in [-0.05, 0) is 54.8 Å². The second-order valence-electron chi connectivity index (χ2n) is 8.29. The lowest BCUT2D eigenvalue weighted by atomic mass is 9.87. The quantitative estimate of drug-likeness (QED) is 0.326. The van der Waals surface area contributed by atoms with E-state index in [1.165, 1.54) is 5.56 Å². The van der Waals surface area contributed by atoms with Crippen molar-refractivity contribution >= 4 is 37.9 Å². The minimum Gasteiger partial charge on any atom is -0.497 e. The van der Waals surface area contributed by atoms with Crippen molar-refractivity contribution in [2.75, 3.05) is 7.11 Å². The van der Waals surface area contributed by atoms with E-state index in [1.54, 1.807) is 13.2 Å². The summed E-state index contributed by atoms with van der Waals surface area (Å²) in [5.74, 6) is 0.842. The highest BCUT2D eigenvalue weighted by molar-refractivity contribution is 9.10. The number of methoxy groups -OCH3 is 1. The SMILES string of the molecule is CCC1(n2c(=O)ccc3c2c2ccc(Br)cc2n3Cc2ccc(OC)cc2)C=CC=CC1. The Kier molecular flexibility index (Phi) is 5.30. The number of rotatable bonds is 5. The van der Waals surface area contributed by atoms with Gasteiger partial charge < -0.3 is 9.30 Å². The summed E-state index contributed by atoms with van der Waals surface area (Å²) in [6, 6.07) is 18.1. The average Bonchev–Trinajstić information content (AvgIpc) is 3.12. The van der Waals surface area contributed by atoms with Crippen LogP contribution >= 0.6 is 15.9 Å². The Hall–Kier alpha value is -3.05. The third-order valence-corrected chi connectivity index (χ3v) is 7.04. The van der Waals surface area contributed by atoms with Gasteiger partial charge in [-0.1, -0.05) is 59.3 Å². The Balaban J connectivity index is 1.81. The summed E-state index contributed by atoms with van der Waals surface area (Å²) < 4.78 is 10.7. The fourth-order valence-corrected chi connectivity index (χ4v) is 5.18. The second kappa shape index (κ2) is 8.14. The van der Waals surface area contributed by atoms with Gasteiger partial charge in [0, 0.05) is 22.5 Å². The van der Waals surface area contributed by atoms with Gasteiger partial charge in [0.25, 0.3) is 5.56 Å². The number of pyridine rings is 1. The van der Waals surface area contributed by atoms with Crippen LogP contribution in [-0.2, 0) is 12.1 Å². The zero-order chi connectivity index (χ0) is 22.3. The van der Waals surface area contributed by atoms with Crippen LogP contribution < -0.4 is 10.3 Å². The number of hydrogen-bond donors (Lipinski definition) is 0. The molecule has 0 amide bonds. The number of aromatic nitrogens is 2. The molecule has 0 saturated carbocycles. The normalized spacial score (nSPS) is 18.0. The van der Waals surface area contributed by atoms with Crippen LogP contribution in [0.25, 0.3) is 21.9 Å². The molecule has 162 valence electrons. The summed E-state index contributed by atoms with van der Waals surface area (Å²) in [6.45, 7) is 2.86. The van der Waals surface area contributed by atoms with Crippen LogP contribution in [-0.4, -0.2) is 16.2 Å². The minimum atomic E-state index is -0.363. The van der Waals surface area contributed by atoms with Crippen molar-refractivity contribution in [1.82, 2.24) is 9.13 Å². The lowest BCUT2D eigenvalue weighted by Crippen LogP contribution is -2.39. The number of hydrogen-bond acceptors (Lipinski definition) is 2. The first-order valence-corrected chi connectivity index (χ1v) is 11.7. The molecule has 2 heterocycles. The molecule has 0 spiro atoms. The third kappa shape index (κ3) is 3.32. The fraction of sp³-hybridized carbons (Fsp3) is 0.222. The summed E-state index contributed by atoms with van der Waals surface area (Å²) in [4.78, 5) is 13.3. The van der Waals surface area contributed by atoms with Gasteiger partial charge in [0.1, 0.15) is 5.75 Å². The summed E-state index contributed by atoms with van der Waals surface area (Å²) in [6.07, 6.45) is 10.1. The summed E-state index contributed by atoms with van der Waals surface area (Å²) in [5.41, 5.74) is 4.00. The van der Waals surface area contributed by atoms with Crippen LogP contribution in [0.3, 0.4) is 0 Å². The molecule has 1 unspecified atom stereocenters. The Bertz CT molecular complexity index is 1430. The molecule has 0 fully saturated rings. The number of nitrogens with zero attached hydrogens (tertiary/aromatic N) is 2. The zero-order valence-electron chi connectivity index (χ0n) is 18.2. The van der Waals surface area contributed by atoms with Crippen LogP contribution in [0.2, 0.25) is 0 Å². The second-order valence-corrected chi connectivity index (χ2v) is 9.20. The summed E-state index contributed by atoms with van der Waals surface area (Å²) >= 11 is 3.64. The number of benzene rings is 2. The van der Waals surface area contributed by atoms with Gasteiger partial charge in [-0.25, -0.2) is 0 Å². The van der Waals surface area contributed by atoms with E-state index in [4.69, 9.17) is 4.74 Å². The zero-order valence-corrected chi connectivity index (χ0v) is 19.8. The molecule has 5 heteroatoms. The van der Waals surface area contributed by atoms with Crippen LogP contribution in [0.1, 0.15) is 25.3 Å². The molecule has 4 nitrogen and oxygen atoms in total. The van der Waals surface area contributed by atoms with Crippen LogP contribution in [0.4, 0.5) is 0 Å². The highest BCUT2D eigenvalue weighted by Crippen LogP contribution is 2.37. The lowest BCUT2D eigenvalue weighted by molar-refractivity contribution is 0.359. The first-order valence-electron chi connectivity index (χ1n) is 10.9. The number of halogens is 1. The summed E-state index contributed by atoms with van der Waals surface area (Å²) in [5, 5.41) is 1.09. The molecule has 0 radical (unpaired) electrons. The van der Waals surface area contributed by atoms with Crippen molar-refractivity contribution in [3.8, 4) is 5.75 Å². The van der Waals surface area contributed by atoms with Crippen LogP contribution in [0.15, 0.2) is 88.2 Å². The van der Waals surface area contributed by atoms with Gasteiger partial charge in [0.15, 0.2) is 0 Å². The predicted octanol–water partition coefficient (Wildman–Crippen LogP) is 6.40. The highest BCUT2D eigenvalue weighted by atomic mass is 79.9. The van der Waals surface area contributed by atoms with Crippen LogP contribution in [0, 0.1) is 0 Å². The first kappa shape index (κ1) is 20.8. The average molecular weight is 489 g/mol. The molecule has 1 atom stereocenters. The van der Waals surface area contributed by atoms with E-state index in [9.17, 15) is 4.79 Å². The Labute approximate surface area is 195 Å². The number of fused-ring (bicyclic) bond motifs is 3. The van der Waals surface area contributed by atoms with Crippen molar-refractivity contribution in [2.45, 2.75) is 31.8 Å². The largest absolute Gasteiger partial charge is 0.497 e. The molecule has 1 aliphatic carbocycles. The number of ether oxygens (including phenoxy) is 1. The van der Waals surface area contributed by atoms with Crippen molar-refractivity contribution < 1.29 is 4.74 Å². The molecular formula is C27H25BrN2O2. The monoisotopic (exact) mass is 488 g/mol. The smallest absolute Gasteiger partial charge is 0.251 e. The van der Waals surface area contributed by atoms with Gasteiger partial charge in [0.2, 0.25) is 0 Å². The molecule has 2 aromatic heterocycles. The Morgan fingerprint density at radius 2 is 1.84 bits per heavy atom. The van der Waals surface area contributed by atoms with E-state index in [0.29, 0.717) is 6.54 Å². The maximum atomic E-state index is 13.3. The predicted molar refractivity (Wildman–Crippen MR) is 135 cm³/mol. The first-order chi connectivity index (χ1) is 15.6. The maximum Gasteiger partial charge on any atom is 0.251 e. The molecule has 4 aromatic rings. The van der Waals surface area contributed by atoms with E-state index >= 15 is 0 Å². The molecule has 0 aliphatic heterocycles. The molecule has 1 aliphatic rings. The van der Waals surface area contributed by atoms with E-state index in [2.05, 4.69) is 82.1 Å². The van der Waals surface area contributed by atoms with Gasteiger partial charge in [-0.15, -0.1) is 0 Å². The van der Waals surface area contributed by atoms with Gasteiger partial charge >= 0.3 is 0 Å². The minimum absolute atomic E-state index is 0.0331. The Morgan fingerprint density at radius 1 is 1.03 bits per heavy atom. The standard InChI is InChI=1S/C27H25BrN2O2/c1-3-27(15-5-4-6-16-27)30-25(31)14-13-23-26(30)22-12-9-20(28)17-24(22)29(23)18-19-7-10-21(32-2)11-8-19/h4-15,17H,3,16,18H2,1-2H3. The van der Waals surface area contributed by atoms with Crippen molar-refractivity contribution in [2.24, 2.45) is 0 Å². The highest BCUT2D eigenvalue weighted by Gasteiger charge is 2.31. The molecule has 5 rings (SSSR count). The molecule has 2 aromatic carbocycles. The maximum absolute atomic E-state index is 13.3. The van der Waals surface area contributed by atoms with E-state index < -0.39 is 0 Å². The van der Waals surface area contributed by atoms with Crippen LogP contribution in [0.5, 0.6) is 5.75 Å². The van der Waals surface area contributed by atoms with Crippen molar-refractivity contribution in [1.29, 1.82) is 0 Å². The van der Waals surface area contributed by atoms with Gasteiger partial charge in [0.05, 0.1) is 29.2 Å². The molecule has 0 N–H and O–H groups in total. The van der Waals surface area contributed by atoms with Crippen molar-refractivity contribution in [3.63, 3.8) is 0 Å². The van der Waals surface area contributed by atoms with Gasteiger partial charge in [-0.2, -0.15) is 0 Å². The lowest BCUT2D eigenvalue weighted by Gasteiger charge is -2.33. The summed E-state index contributed by atoms with van der Waals surface area (Å²) in [7, 11) is 1.68. The molecule has 0 bridgehead atoms. The van der Waals surface area contributed by atoms with E-state index in [1.807, 2.05) is 22.8 Å². The Morgan fingerprint density at radius 3 is 2.53 bits per heavy atom. The van der Waals surface area contributed by atoms with E-state index in [-0.39, 0.29) is 11.1 Å². The van der Waals surface area contributed by atoms with Crippen molar-refractivity contribution in [3.05, 3.63) is 99.3 Å². The topological polar surface area (TPSA) is 36.2 Å². The number of allylic oxidation sites excluding steroid dienone is 4. The fourth-order valence-electron chi connectivity index (χ4n) is 4.83. The van der Waals surface area contributed by atoms with Gasteiger partial charge in [-0.3, -0.25) is 9.36 Å². The molecule has 0 saturated heterocycles. The molecular weight excluding hydrogens is 464 g/mol. The van der Waals surface area contributed by atoms with E-state index in [0.717, 1.165) is 45.0 Å². The molecule has 32 heavy (non-hydrogen) atoms. The third-order valence-electron chi connectivity index (χ3n) is 6.55.